The van der Waals surface area contributed by atoms with Crippen LogP contribution in [0, 0.1) is 25.0 Å². The van der Waals surface area contributed by atoms with Crippen molar-refractivity contribution < 1.29 is 14.0 Å². The summed E-state index contributed by atoms with van der Waals surface area (Å²) in [5.41, 5.74) is 6.16. The Balaban J connectivity index is 1.67. The van der Waals surface area contributed by atoms with Gasteiger partial charge in [0.25, 0.3) is 0 Å². The molecule has 0 spiro atoms. The Hall–Kier alpha value is -4.88. The molecule has 0 saturated heterocycles. The second kappa shape index (κ2) is 10.6. The summed E-state index contributed by atoms with van der Waals surface area (Å²) in [6.45, 7) is 11.2. The van der Waals surface area contributed by atoms with Crippen LogP contribution in [0.1, 0.15) is 104 Å². The van der Waals surface area contributed by atoms with Crippen LogP contribution in [-0.2, 0) is 10.8 Å². The summed E-state index contributed by atoms with van der Waals surface area (Å²) >= 11 is 0. The second-order valence-electron chi connectivity index (χ2n) is 14.8. The van der Waals surface area contributed by atoms with E-state index in [1.54, 1.807) is 26.0 Å². The van der Waals surface area contributed by atoms with Gasteiger partial charge >= 0.3 is 0 Å². The first kappa shape index (κ1) is 23.4. The van der Waals surface area contributed by atoms with Crippen LogP contribution < -0.4 is 0 Å². The van der Waals surface area contributed by atoms with E-state index in [4.69, 9.17) is 14.0 Å². The molecule has 0 N–H and O–H groups in total. The van der Waals surface area contributed by atoms with Crippen molar-refractivity contribution in [2.24, 2.45) is 0 Å². The minimum Gasteiger partial charge on any atom is -0.453 e. The van der Waals surface area contributed by atoms with E-state index >= 15 is 0 Å². The first-order chi connectivity index (χ1) is 24.9. The van der Waals surface area contributed by atoms with E-state index in [-0.39, 0.29) is 27.7 Å². The summed E-state index contributed by atoms with van der Waals surface area (Å²) in [6.07, 6.45) is 1.11. The lowest BCUT2D eigenvalue weighted by molar-refractivity contribution is 0.591. The van der Waals surface area contributed by atoms with Gasteiger partial charge in [0.05, 0.1) is 22.3 Å². The van der Waals surface area contributed by atoms with E-state index < -0.39 is 19.6 Å². The van der Waals surface area contributed by atoms with Crippen LogP contribution in [0.2, 0.25) is 0 Å². The summed E-state index contributed by atoms with van der Waals surface area (Å²) in [5.74, 6) is -1.08. The molecule has 0 aliphatic carbocycles. The molecule has 0 fully saturated rings. The van der Waals surface area contributed by atoms with E-state index in [1.165, 1.54) is 6.07 Å². The molecule has 3 heterocycles. The summed E-state index contributed by atoms with van der Waals surface area (Å²) in [7, 11) is 0. The number of benzene rings is 4. The van der Waals surface area contributed by atoms with Crippen molar-refractivity contribution in [2.75, 3.05) is 0 Å². The van der Waals surface area contributed by atoms with Crippen LogP contribution >= 0.6 is 0 Å². The maximum Gasteiger partial charge on any atom is 0.160 e. The Morgan fingerprint density at radius 1 is 0.787 bits per heavy atom. The predicted octanol–water partition coefficient (Wildman–Crippen LogP) is 12.0. The van der Waals surface area contributed by atoms with Gasteiger partial charge in [-0.2, -0.15) is 5.26 Å². The van der Waals surface area contributed by atoms with Gasteiger partial charge in [0.1, 0.15) is 17.3 Å². The summed E-state index contributed by atoms with van der Waals surface area (Å²) < 4.78 is 66.7. The molecule has 0 unspecified atom stereocenters. The molecular weight excluding hydrogens is 574 g/mol. The number of pyridine rings is 1. The highest BCUT2D eigenvalue weighted by Crippen LogP contribution is 2.45. The number of nitriles is 1. The van der Waals surface area contributed by atoms with Crippen LogP contribution in [0.5, 0.6) is 0 Å². The molecule has 3 aromatic heterocycles. The number of furan rings is 1. The SMILES string of the molecule is [2H]C([2H])([2H])c1cnc(-c2ccc(C([2H])(C)C)c3c2oc2c(-n4c5cc(C(C)(C)C)ccc5c5ccc(C(C)(C)C)cc54)c(C#N)ccc23)cc1C([2H])([2H])[2H]. The molecule has 0 bridgehead atoms. The first-order valence-electron chi connectivity index (χ1n) is 19.4. The second-order valence-corrected chi connectivity index (χ2v) is 14.8. The van der Waals surface area contributed by atoms with Gasteiger partial charge in [-0.1, -0.05) is 85.7 Å². The van der Waals surface area contributed by atoms with E-state index in [1.807, 2.05) is 12.1 Å². The monoisotopic (exact) mass is 624 g/mol. The van der Waals surface area contributed by atoms with Crippen molar-refractivity contribution in [1.82, 2.24) is 9.55 Å². The lowest BCUT2D eigenvalue weighted by Gasteiger charge is -2.20. The Bertz CT molecular complexity index is 2630. The predicted molar refractivity (Wildman–Crippen MR) is 197 cm³/mol. The van der Waals surface area contributed by atoms with Gasteiger partial charge in [0.15, 0.2) is 5.58 Å². The van der Waals surface area contributed by atoms with Crippen LogP contribution in [0.3, 0.4) is 0 Å². The molecule has 0 atom stereocenters. The number of aryl methyl sites for hydroxylation is 2. The number of hydrogen-bond acceptors (Lipinski definition) is 3. The average Bonchev–Trinajstić information content (AvgIpc) is 3.60. The summed E-state index contributed by atoms with van der Waals surface area (Å²) in [5, 5.41) is 14.1. The molecule has 236 valence electrons. The van der Waals surface area contributed by atoms with Gasteiger partial charge in [-0.3, -0.25) is 4.98 Å². The quantitative estimate of drug-likeness (QED) is 0.196. The molecule has 4 heteroatoms. The topological polar surface area (TPSA) is 54.8 Å². The highest BCUT2D eigenvalue weighted by Gasteiger charge is 2.26. The van der Waals surface area contributed by atoms with Gasteiger partial charge in [-0.15, -0.1) is 0 Å². The van der Waals surface area contributed by atoms with Gasteiger partial charge in [-0.05, 0) is 94.6 Å². The lowest BCUT2D eigenvalue weighted by Crippen LogP contribution is -2.11. The lowest BCUT2D eigenvalue weighted by atomic mass is 9.86. The van der Waals surface area contributed by atoms with Crippen LogP contribution in [0.25, 0.3) is 60.7 Å². The van der Waals surface area contributed by atoms with Gasteiger partial charge in [0, 0.05) is 42.9 Å². The first-order valence-corrected chi connectivity index (χ1v) is 15.9. The normalized spacial score (nSPS) is 15.6. The molecule has 7 rings (SSSR count). The van der Waals surface area contributed by atoms with Crippen molar-refractivity contribution in [3.05, 3.63) is 106 Å². The fourth-order valence-electron chi connectivity index (χ4n) is 6.66. The number of nitrogens with zero attached hydrogens (tertiary/aromatic N) is 3. The fourth-order valence-corrected chi connectivity index (χ4v) is 6.66. The molecule has 47 heavy (non-hydrogen) atoms. The molecule has 0 amide bonds. The Morgan fingerprint density at radius 3 is 1.96 bits per heavy atom. The van der Waals surface area contributed by atoms with Crippen LogP contribution in [0.15, 0.2) is 77.3 Å². The Morgan fingerprint density at radius 2 is 1.40 bits per heavy atom. The number of aromatic nitrogens is 2. The maximum absolute atomic E-state index is 10.7. The van der Waals surface area contributed by atoms with Gasteiger partial charge in [0.2, 0.25) is 0 Å². The average molecular weight is 625 g/mol. The highest BCUT2D eigenvalue weighted by molar-refractivity contribution is 6.16. The van der Waals surface area contributed by atoms with Crippen molar-refractivity contribution in [2.45, 2.75) is 85.8 Å². The molecule has 0 saturated carbocycles. The van der Waals surface area contributed by atoms with Crippen molar-refractivity contribution >= 4 is 43.7 Å². The highest BCUT2D eigenvalue weighted by atomic mass is 16.3. The Labute approximate surface area is 287 Å². The van der Waals surface area contributed by atoms with Gasteiger partial charge < -0.3 is 8.98 Å². The number of fused-ring (bicyclic) bond motifs is 6. The molecule has 7 aromatic rings. The zero-order valence-corrected chi connectivity index (χ0v) is 28.2. The smallest absolute Gasteiger partial charge is 0.160 e. The third-order valence-corrected chi connectivity index (χ3v) is 9.32. The number of rotatable bonds is 3. The molecule has 0 radical (unpaired) electrons. The van der Waals surface area contributed by atoms with Crippen LogP contribution in [-0.4, -0.2) is 9.55 Å². The third kappa shape index (κ3) is 4.83. The minimum absolute atomic E-state index is 0.158. The molecular formula is C43H43N3O. The number of hydrogen-bond donors (Lipinski definition) is 0. The zero-order valence-electron chi connectivity index (χ0n) is 35.2. The standard InChI is InChI=1S/C43H43N3O/c1-24(2)30-17-18-33(35-19-25(3)26(4)23-45-35)40-38(30)34-14-11-27(22-44)39(41(34)47-40)46-36-20-28(42(5,6)7)12-15-31(36)32-16-13-29(21-37(32)46)43(8,9)10/h11-21,23-24H,1-10H3/i3D3,4D3,24D. The molecule has 4 nitrogen and oxygen atoms in total. The van der Waals surface area contributed by atoms with Crippen molar-refractivity contribution in [3.63, 3.8) is 0 Å². The van der Waals surface area contributed by atoms with E-state index in [0.29, 0.717) is 44.3 Å². The fraction of sp³-hybridized carbons (Fsp3) is 0.302. The minimum atomic E-state index is -2.72. The van der Waals surface area contributed by atoms with Crippen molar-refractivity contribution in [1.29, 1.82) is 5.26 Å². The van der Waals surface area contributed by atoms with Gasteiger partial charge in [-0.25, -0.2) is 0 Å². The largest absolute Gasteiger partial charge is 0.453 e. The maximum atomic E-state index is 10.7. The molecule has 4 aromatic carbocycles. The Kier molecular flexibility index (Phi) is 5.27. The summed E-state index contributed by atoms with van der Waals surface area (Å²) in [4.78, 5) is 4.48. The van der Waals surface area contributed by atoms with E-state index in [9.17, 15) is 5.26 Å². The third-order valence-electron chi connectivity index (χ3n) is 9.32. The van der Waals surface area contributed by atoms with E-state index in [2.05, 4.69) is 93.6 Å². The zero-order chi connectivity index (χ0) is 39.5. The van der Waals surface area contributed by atoms with E-state index in [0.717, 1.165) is 39.1 Å². The summed E-state index contributed by atoms with van der Waals surface area (Å²) in [6, 6.07) is 23.9. The molecule has 0 aliphatic rings. The molecule has 0 aliphatic heterocycles. The van der Waals surface area contributed by atoms with Crippen molar-refractivity contribution in [3.8, 4) is 23.0 Å². The van der Waals surface area contributed by atoms with Crippen LogP contribution in [0.4, 0.5) is 0 Å².